The van der Waals surface area contributed by atoms with Gasteiger partial charge < -0.3 is 19.7 Å². The Kier molecular flexibility index (Phi) is 5.95. The van der Waals surface area contributed by atoms with Crippen molar-refractivity contribution >= 4 is 40.6 Å². The van der Waals surface area contributed by atoms with E-state index in [1.807, 2.05) is 35.2 Å². The van der Waals surface area contributed by atoms with E-state index in [1.54, 1.807) is 18.2 Å². The number of anilines is 1. The van der Waals surface area contributed by atoms with Crippen molar-refractivity contribution in [2.45, 2.75) is 23.8 Å². The van der Waals surface area contributed by atoms with Crippen LogP contribution in [-0.4, -0.2) is 46.0 Å². The van der Waals surface area contributed by atoms with Crippen LogP contribution in [0.15, 0.2) is 53.4 Å². The van der Waals surface area contributed by atoms with Gasteiger partial charge in [-0.05, 0) is 37.1 Å². The quantitative estimate of drug-likeness (QED) is 0.547. The monoisotopic (exact) mass is 468 g/mol. The minimum Gasteiger partial charge on any atom is -0.454 e. The fraction of sp³-hybridized carbons (Fsp3) is 0.273. The van der Waals surface area contributed by atoms with Gasteiger partial charge in [0, 0.05) is 23.2 Å². The molecule has 0 aliphatic carbocycles. The van der Waals surface area contributed by atoms with E-state index >= 15 is 0 Å². The SMILES string of the molecule is O=C(Nc1ccc2c(c1)OCO2)c1nnc([C@H]2CCCN2C(=O)CSc2ccccc2)s1. The van der Waals surface area contributed by atoms with Crippen LogP contribution in [0.1, 0.15) is 33.7 Å². The van der Waals surface area contributed by atoms with E-state index in [9.17, 15) is 9.59 Å². The second-order valence-corrected chi connectivity index (χ2v) is 9.37. The molecule has 0 saturated carbocycles. The highest BCUT2D eigenvalue weighted by atomic mass is 32.2. The fourth-order valence-corrected chi connectivity index (χ4v) is 5.38. The van der Waals surface area contributed by atoms with Crippen LogP contribution in [0, 0.1) is 0 Å². The predicted molar refractivity (Wildman–Crippen MR) is 121 cm³/mol. The molecule has 0 unspecified atom stereocenters. The number of amides is 2. The van der Waals surface area contributed by atoms with Crippen LogP contribution in [0.5, 0.6) is 11.5 Å². The highest BCUT2D eigenvalue weighted by molar-refractivity contribution is 8.00. The van der Waals surface area contributed by atoms with Crippen LogP contribution in [0.4, 0.5) is 5.69 Å². The van der Waals surface area contributed by atoms with Gasteiger partial charge in [0.2, 0.25) is 17.7 Å². The van der Waals surface area contributed by atoms with E-state index in [1.165, 1.54) is 23.1 Å². The van der Waals surface area contributed by atoms with Gasteiger partial charge in [-0.3, -0.25) is 9.59 Å². The lowest BCUT2D eigenvalue weighted by Gasteiger charge is -2.22. The molecular weight excluding hydrogens is 448 g/mol. The molecule has 0 radical (unpaired) electrons. The summed E-state index contributed by atoms with van der Waals surface area (Å²) in [5.74, 6) is 1.34. The minimum absolute atomic E-state index is 0.0721. The summed E-state index contributed by atoms with van der Waals surface area (Å²) >= 11 is 2.75. The van der Waals surface area contributed by atoms with Crippen LogP contribution in [0.25, 0.3) is 0 Å². The molecule has 0 bridgehead atoms. The van der Waals surface area contributed by atoms with Crippen molar-refractivity contribution in [1.82, 2.24) is 15.1 Å². The van der Waals surface area contributed by atoms with Crippen molar-refractivity contribution in [3.63, 3.8) is 0 Å². The predicted octanol–water partition coefficient (Wildman–Crippen LogP) is 3.97. The molecule has 0 spiro atoms. The molecule has 1 fully saturated rings. The van der Waals surface area contributed by atoms with Crippen LogP contribution >= 0.6 is 23.1 Å². The molecule has 8 nitrogen and oxygen atoms in total. The highest BCUT2D eigenvalue weighted by Gasteiger charge is 2.33. The lowest BCUT2D eigenvalue weighted by atomic mass is 10.2. The first-order chi connectivity index (χ1) is 15.7. The van der Waals surface area contributed by atoms with Gasteiger partial charge in [-0.2, -0.15) is 0 Å². The number of thioether (sulfide) groups is 1. The molecule has 32 heavy (non-hydrogen) atoms. The van der Waals surface area contributed by atoms with Crippen molar-refractivity contribution in [3.8, 4) is 11.5 Å². The van der Waals surface area contributed by atoms with Crippen molar-refractivity contribution in [2.75, 3.05) is 24.4 Å². The Morgan fingerprint density at radius 3 is 2.84 bits per heavy atom. The Bertz CT molecular complexity index is 1140. The summed E-state index contributed by atoms with van der Waals surface area (Å²) in [6.45, 7) is 0.865. The number of rotatable bonds is 6. The standard InChI is InChI=1S/C22H20N4O4S2/c27-19(12-31-15-5-2-1-3-6-15)26-10-4-7-16(26)21-24-25-22(32-21)20(28)23-14-8-9-17-18(11-14)30-13-29-17/h1-3,5-6,8-9,11,16H,4,7,10,12-13H2,(H,23,28)/t16-/m1/s1. The molecule has 3 heterocycles. The van der Waals surface area contributed by atoms with E-state index in [4.69, 9.17) is 9.47 Å². The average Bonchev–Trinajstić information content (AvgIpc) is 3.57. The fourth-order valence-electron chi connectivity index (χ4n) is 3.69. The second-order valence-electron chi connectivity index (χ2n) is 7.31. The number of nitrogens with zero attached hydrogens (tertiary/aromatic N) is 3. The number of likely N-dealkylation sites (tertiary alicyclic amines) is 1. The Labute approximate surface area is 192 Å². The maximum Gasteiger partial charge on any atom is 0.286 e. The molecule has 3 aromatic rings. The summed E-state index contributed by atoms with van der Waals surface area (Å²) < 4.78 is 10.6. The lowest BCUT2D eigenvalue weighted by molar-refractivity contribution is -0.129. The van der Waals surface area contributed by atoms with Crippen molar-refractivity contribution in [2.24, 2.45) is 0 Å². The van der Waals surface area contributed by atoms with Crippen LogP contribution < -0.4 is 14.8 Å². The summed E-state index contributed by atoms with van der Waals surface area (Å²) in [4.78, 5) is 28.4. The van der Waals surface area contributed by atoms with Gasteiger partial charge in [-0.1, -0.05) is 29.5 Å². The summed E-state index contributed by atoms with van der Waals surface area (Å²) in [7, 11) is 0. The Balaban J connectivity index is 1.23. The third-order valence-electron chi connectivity index (χ3n) is 5.23. The van der Waals surface area contributed by atoms with Gasteiger partial charge in [-0.25, -0.2) is 0 Å². The molecule has 2 amide bonds. The summed E-state index contributed by atoms with van der Waals surface area (Å²) in [6.07, 6.45) is 1.73. The molecular formula is C22H20N4O4S2. The summed E-state index contributed by atoms with van der Waals surface area (Å²) in [6, 6.07) is 14.9. The largest absolute Gasteiger partial charge is 0.454 e. The normalized spacial score (nSPS) is 16.9. The number of hydrogen-bond donors (Lipinski definition) is 1. The van der Waals surface area contributed by atoms with Gasteiger partial charge in [0.1, 0.15) is 5.01 Å². The van der Waals surface area contributed by atoms with E-state index < -0.39 is 0 Å². The number of aromatic nitrogens is 2. The maximum atomic E-state index is 12.8. The van der Waals surface area contributed by atoms with Gasteiger partial charge in [0.25, 0.3) is 5.91 Å². The molecule has 2 aliphatic rings. The molecule has 1 aromatic heterocycles. The number of benzene rings is 2. The van der Waals surface area contributed by atoms with Crippen LogP contribution in [-0.2, 0) is 4.79 Å². The zero-order valence-corrected chi connectivity index (χ0v) is 18.7. The van der Waals surface area contributed by atoms with Crippen molar-refractivity contribution < 1.29 is 19.1 Å². The third-order valence-corrected chi connectivity index (χ3v) is 7.25. The second kappa shape index (κ2) is 9.17. The molecule has 10 heteroatoms. The van der Waals surface area contributed by atoms with Crippen LogP contribution in [0.3, 0.4) is 0 Å². The minimum atomic E-state index is -0.344. The van der Waals surface area contributed by atoms with E-state index in [0.29, 0.717) is 34.5 Å². The van der Waals surface area contributed by atoms with E-state index in [-0.39, 0.29) is 29.7 Å². The maximum absolute atomic E-state index is 12.8. The van der Waals surface area contributed by atoms with E-state index in [2.05, 4.69) is 15.5 Å². The van der Waals surface area contributed by atoms with E-state index in [0.717, 1.165) is 17.7 Å². The smallest absolute Gasteiger partial charge is 0.286 e. The lowest BCUT2D eigenvalue weighted by Crippen LogP contribution is -2.31. The molecule has 5 rings (SSSR count). The Hall–Kier alpha value is -3.11. The first kappa shape index (κ1) is 20.8. The first-order valence-electron chi connectivity index (χ1n) is 10.2. The molecule has 1 N–H and O–H groups in total. The number of carbonyl (C=O) groups is 2. The molecule has 2 aromatic carbocycles. The van der Waals surface area contributed by atoms with Gasteiger partial charge in [0.15, 0.2) is 11.5 Å². The van der Waals surface area contributed by atoms with Gasteiger partial charge in [0.05, 0.1) is 11.8 Å². The molecule has 2 aliphatic heterocycles. The van der Waals surface area contributed by atoms with Crippen LogP contribution in [0.2, 0.25) is 0 Å². The zero-order valence-electron chi connectivity index (χ0n) is 17.0. The number of hydrogen-bond acceptors (Lipinski definition) is 8. The summed E-state index contributed by atoms with van der Waals surface area (Å²) in [5, 5.41) is 12.1. The molecule has 1 atom stereocenters. The average molecular weight is 469 g/mol. The molecule has 164 valence electrons. The van der Waals surface area contributed by atoms with Crippen molar-refractivity contribution in [3.05, 3.63) is 58.5 Å². The summed E-state index contributed by atoms with van der Waals surface area (Å²) in [5.41, 5.74) is 0.589. The first-order valence-corrected chi connectivity index (χ1v) is 12.0. The topological polar surface area (TPSA) is 93.7 Å². The number of ether oxygens (including phenoxy) is 2. The Morgan fingerprint density at radius 2 is 1.97 bits per heavy atom. The number of fused-ring (bicyclic) bond motifs is 1. The highest BCUT2D eigenvalue weighted by Crippen LogP contribution is 2.36. The Morgan fingerprint density at radius 1 is 1.12 bits per heavy atom. The third kappa shape index (κ3) is 4.42. The van der Waals surface area contributed by atoms with Crippen molar-refractivity contribution in [1.29, 1.82) is 0 Å². The van der Waals surface area contributed by atoms with Gasteiger partial charge >= 0.3 is 0 Å². The van der Waals surface area contributed by atoms with Gasteiger partial charge in [-0.15, -0.1) is 22.0 Å². The zero-order chi connectivity index (χ0) is 21.9. The number of nitrogens with one attached hydrogen (secondary N) is 1. The number of carbonyl (C=O) groups excluding carboxylic acids is 2. The molecule has 1 saturated heterocycles.